The van der Waals surface area contributed by atoms with E-state index in [4.69, 9.17) is 4.74 Å². The van der Waals surface area contributed by atoms with Gasteiger partial charge < -0.3 is 15.2 Å². The summed E-state index contributed by atoms with van der Waals surface area (Å²) in [6, 6.07) is 0. The molecule has 2 fully saturated rings. The first-order chi connectivity index (χ1) is 10.8. The number of aliphatic hydroxyl groups excluding tert-OH is 1. The zero-order valence-corrected chi connectivity index (χ0v) is 15.2. The first kappa shape index (κ1) is 18.6. The summed E-state index contributed by atoms with van der Waals surface area (Å²) in [6.07, 6.45) is 10.8. The fourth-order valence-electron chi connectivity index (χ4n) is 3.92. The topological polar surface area (TPSA) is 58.6 Å². The molecule has 2 saturated carbocycles. The van der Waals surface area contributed by atoms with Gasteiger partial charge in [0.1, 0.15) is 5.60 Å². The van der Waals surface area contributed by atoms with E-state index in [2.05, 4.69) is 5.32 Å². The molecule has 2 aliphatic carbocycles. The predicted molar refractivity (Wildman–Crippen MR) is 92.3 cm³/mol. The van der Waals surface area contributed by atoms with E-state index in [0.29, 0.717) is 12.5 Å². The number of carbonyl (C=O) groups excluding carboxylic acids is 1. The van der Waals surface area contributed by atoms with Crippen molar-refractivity contribution in [3.05, 3.63) is 0 Å². The van der Waals surface area contributed by atoms with Crippen LogP contribution in [0, 0.1) is 17.3 Å². The summed E-state index contributed by atoms with van der Waals surface area (Å²) >= 11 is 0. The van der Waals surface area contributed by atoms with Crippen LogP contribution in [0.5, 0.6) is 0 Å². The molecule has 0 aliphatic heterocycles. The largest absolute Gasteiger partial charge is 0.444 e. The van der Waals surface area contributed by atoms with Crippen molar-refractivity contribution in [3.8, 4) is 0 Å². The molecule has 1 atom stereocenters. The lowest BCUT2D eigenvalue weighted by Crippen LogP contribution is -2.43. The molecule has 134 valence electrons. The van der Waals surface area contributed by atoms with E-state index in [0.717, 1.165) is 18.8 Å². The molecule has 23 heavy (non-hydrogen) atoms. The molecule has 0 aromatic heterocycles. The van der Waals surface area contributed by atoms with E-state index in [1.165, 1.54) is 44.9 Å². The van der Waals surface area contributed by atoms with E-state index >= 15 is 0 Å². The smallest absolute Gasteiger partial charge is 0.407 e. The molecule has 4 heteroatoms. The van der Waals surface area contributed by atoms with Crippen molar-refractivity contribution < 1.29 is 14.6 Å². The van der Waals surface area contributed by atoms with Crippen LogP contribution in [0.2, 0.25) is 0 Å². The number of aliphatic hydroxyl groups is 1. The molecule has 0 bridgehead atoms. The number of ether oxygens (including phenoxy) is 1. The molecule has 1 unspecified atom stereocenters. The molecule has 0 aromatic rings. The lowest BCUT2D eigenvalue weighted by molar-refractivity contribution is 0.0388. The van der Waals surface area contributed by atoms with Crippen molar-refractivity contribution in [1.82, 2.24) is 5.32 Å². The molecule has 1 amide bonds. The second-order valence-corrected chi connectivity index (χ2v) is 8.87. The molecule has 0 saturated heterocycles. The monoisotopic (exact) mass is 325 g/mol. The third-order valence-electron chi connectivity index (χ3n) is 5.21. The van der Waals surface area contributed by atoms with Crippen molar-refractivity contribution in [2.75, 3.05) is 13.2 Å². The minimum Gasteiger partial charge on any atom is -0.444 e. The second-order valence-electron chi connectivity index (χ2n) is 8.87. The number of rotatable bonds is 7. The summed E-state index contributed by atoms with van der Waals surface area (Å²) < 4.78 is 5.36. The summed E-state index contributed by atoms with van der Waals surface area (Å²) in [5.41, 5.74) is -0.647. The van der Waals surface area contributed by atoms with Crippen molar-refractivity contribution >= 4 is 6.09 Å². The van der Waals surface area contributed by atoms with Gasteiger partial charge in [-0.2, -0.15) is 0 Å². The number of carbonyl (C=O) groups is 1. The Hall–Kier alpha value is -0.770. The van der Waals surface area contributed by atoms with Crippen molar-refractivity contribution in [2.45, 2.75) is 84.2 Å². The van der Waals surface area contributed by atoms with E-state index in [9.17, 15) is 9.90 Å². The van der Waals surface area contributed by atoms with Gasteiger partial charge >= 0.3 is 6.09 Å². The van der Waals surface area contributed by atoms with Gasteiger partial charge in [0.05, 0.1) is 6.61 Å². The van der Waals surface area contributed by atoms with Crippen molar-refractivity contribution in [1.29, 1.82) is 0 Å². The normalized spacial score (nSPS) is 22.4. The zero-order chi connectivity index (χ0) is 16.9. The predicted octanol–water partition coefficient (Wildman–Crippen LogP) is 4.26. The quantitative estimate of drug-likeness (QED) is 0.735. The van der Waals surface area contributed by atoms with Gasteiger partial charge in [0.2, 0.25) is 0 Å². The van der Waals surface area contributed by atoms with Crippen LogP contribution in [0.15, 0.2) is 0 Å². The van der Waals surface area contributed by atoms with Crippen LogP contribution in [0.1, 0.15) is 78.6 Å². The van der Waals surface area contributed by atoms with Gasteiger partial charge in [0.25, 0.3) is 0 Å². The highest BCUT2D eigenvalue weighted by atomic mass is 16.6. The Bertz CT molecular complexity index is 381. The van der Waals surface area contributed by atoms with Gasteiger partial charge in [-0.25, -0.2) is 4.79 Å². The van der Waals surface area contributed by atoms with Gasteiger partial charge in [-0.1, -0.05) is 44.9 Å². The number of hydrogen-bond donors (Lipinski definition) is 2. The summed E-state index contributed by atoms with van der Waals surface area (Å²) in [6.45, 7) is 6.31. The average Bonchev–Trinajstić information content (AvgIpc) is 3.28. The van der Waals surface area contributed by atoms with Gasteiger partial charge in [0.15, 0.2) is 0 Å². The molecule has 2 aliphatic rings. The summed E-state index contributed by atoms with van der Waals surface area (Å²) in [4.78, 5) is 12.0. The highest BCUT2D eigenvalue weighted by Gasteiger charge is 2.39. The molecule has 0 heterocycles. The Balaban J connectivity index is 1.92. The van der Waals surface area contributed by atoms with Crippen molar-refractivity contribution in [3.63, 3.8) is 0 Å². The lowest BCUT2D eigenvalue weighted by Gasteiger charge is -2.37. The van der Waals surface area contributed by atoms with Crippen LogP contribution in [0.4, 0.5) is 4.79 Å². The van der Waals surface area contributed by atoms with Gasteiger partial charge in [-0.15, -0.1) is 0 Å². The summed E-state index contributed by atoms with van der Waals surface area (Å²) in [5, 5.41) is 13.1. The number of nitrogens with one attached hydrogen (secondary N) is 1. The van der Waals surface area contributed by atoms with E-state index in [-0.39, 0.29) is 18.1 Å². The van der Waals surface area contributed by atoms with Crippen molar-refractivity contribution in [2.24, 2.45) is 17.3 Å². The van der Waals surface area contributed by atoms with Gasteiger partial charge in [0, 0.05) is 12.0 Å². The zero-order valence-electron chi connectivity index (χ0n) is 15.2. The standard InChI is InChI=1S/C19H35NO3/c1-18(2,3)23-17(22)20-13-19(14-21,12-16-9-10-16)11-15-7-5-4-6-8-15/h15-16,21H,4-14H2,1-3H3,(H,20,22). The molecule has 2 N–H and O–H groups in total. The Labute approximate surface area is 141 Å². The fraction of sp³-hybridized carbons (Fsp3) is 0.947. The highest BCUT2D eigenvalue weighted by Crippen LogP contribution is 2.45. The molecular formula is C19H35NO3. The van der Waals surface area contributed by atoms with E-state index in [1.54, 1.807) is 0 Å². The number of alkyl carbamates (subject to hydrolysis) is 1. The molecule has 0 spiro atoms. The van der Waals surface area contributed by atoms with Crippen LogP contribution in [-0.4, -0.2) is 30.0 Å². The SMILES string of the molecule is CC(C)(C)OC(=O)NCC(CO)(CC1CCCCC1)CC1CC1. The molecular weight excluding hydrogens is 290 g/mol. The Morgan fingerprint density at radius 3 is 2.09 bits per heavy atom. The van der Waals surface area contributed by atoms with E-state index < -0.39 is 5.60 Å². The number of hydrogen-bond acceptors (Lipinski definition) is 3. The number of amides is 1. The maximum atomic E-state index is 12.0. The molecule has 0 aromatic carbocycles. The minimum absolute atomic E-state index is 0.162. The average molecular weight is 325 g/mol. The Morgan fingerprint density at radius 2 is 1.61 bits per heavy atom. The summed E-state index contributed by atoms with van der Waals surface area (Å²) in [5.74, 6) is 1.45. The van der Waals surface area contributed by atoms with E-state index in [1.807, 2.05) is 20.8 Å². The van der Waals surface area contributed by atoms with Crippen LogP contribution in [0.3, 0.4) is 0 Å². The Morgan fingerprint density at radius 1 is 1.04 bits per heavy atom. The third-order valence-corrected chi connectivity index (χ3v) is 5.21. The van der Waals surface area contributed by atoms with Crippen LogP contribution in [-0.2, 0) is 4.74 Å². The first-order valence-electron chi connectivity index (χ1n) is 9.40. The molecule has 4 nitrogen and oxygen atoms in total. The minimum atomic E-state index is -0.480. The maximum Gasteiger partial charge on any atom is 0.407 e. The molecule has 2 rings (SSSR count). The van der Waals surface area contributed by atoms with Crippen LogP contribution in [0.25, 0.3) is 0 Å². The first-order valence-corrected chi connectivity index (χ1v) is 9.40. The van der Waals surface area contributed by atoms with Gasteiger partial charge in [-0.3, -0.25) is 0 Å². The highest BCUT2D eigenvalue weighted by molar-refractivity contribution is 5.67. The van der Waals surface area contributed by atoms with Gasteiger partial charge in [-0.05, 0) is 45.4 Å². The van der Waals surface area contributed by atoms with Crippen LogP contribution < -0.4 is 5.32 Å². The maximum absolute atomic E-state index is 12.0. The second kappa shape index (κ2) is 7.87. The third kappa shape index (κ3) is 6.70. The lowest BCUT2D eigenvalue weighted by atomic mass is 9.72. The Kier molecular flexibility index (Phi) is 6.35. The molecule has 0 radical (unpaired) electrons. The fourth-order valence-corrected chi connectivity index (χ4v) is 3.92. The summed E-state index contributed by atoms with van der Waals surface area (Å²) in [7, 11) is 0. The van der Waals surface area contributed by atoms with Crippen LogP contribution >= 0.6 is 0 Å².